The van der Waals surface area contributed by atoms with Crippen LogP contribution in [0.1, 0.15) is 20.8 Å². The van der Waals surface area contributed by atoms with Crippen molar-refractivity contribution in [2.24, 2.45) is 0 Å². The Labute approximate surface area is 157 Å². The number of ether oxygens (including phenoxy) is 2. The number of rotatable bonds is 3. The molecule has 0 aromatic heterocycles. The molecule has 1 unspecified atom stereocenters. The van der Waals surface area contributed by atoms with Crippen molar-refractivity contribution >= 4 is 16.0 Å². The molecular formula is C15H27F3N2O6S. The van der Waals surface area contributed by atoms with E-state index in [1.54, 1.807) is 11.2 Å². The largest absolute Gasteiger partial charge is 0.490 e. The minimum Gasteiger partial charge on any atom is -0.475 e. The van der Waals surface area contributed by atoms with Crippen molar-refractivity contribution in [1.82, 2.24) is 9.21 Å². The van der Waals surface area contributed by atoms with Gasteiger partial charge in [0, 0.05) is 32.2 Å². The van der Waals surface area contributed by atoms with E-state index in [-0.39, 0.29) is 5.75 Å². The Morgan fingerprint density at radius 1 is 1.22 bits per heavy atom. The highest BCUT2D eigenvalue weighted by molar-refractivity contribution is 7.89. The van der Waals surface area contributed by atoms with Crippen molar-refractivity contribution in [2.45, 2.75) is 38.6 Å². The van der Waals surface area contributed by atoms with Crippen molar-refractivity contribution in [3.8, 4) is 0 Å². The summed E-state index contributed by atoms with van der Waals surface area (Å²) >= 11 is 0. The third kappa shape index (κ3) is 7.18. The van der Waals surface area contributed by atoms with Gasteiger partial charge in [0.15, 0.2) is 0 Å². The van der Waals surface area contributed by atoms with E-state index in [1.165, 1.54) is 0 Å². The number of sulfonamides is 1. The lowest BCUT2D eigenvalue weighted by atomic mass is 10.0. The number of aliphatic carboxylic acids is 1. The van der Waals surface area contributed by atoms with Gasteiger partial charge in [0.25, 0.3) is 0 Å². The molecule has 2 heterocycles. The maximum Gasteiger partial charge on any atom is 0.490 e. The van der Waals surface area contributed by atoms with E-state index in [4.69, 9.17) is 19.4 Å². The molecule has 0 saturated carbocycles. The summed E-state index contributed by atoms with van der Waals surface area (Å²) in [7, 11) is -3.17. The maximum absolute atomic E-state index is 12.1. The highest BCUT2D eigenvalue weighted by Gasteiger charge is 2.43. The van der Waals surface area contributed by atoms with Crippen molar-refractivity contribution < 1.29 is 41.0 Å². The molecule has 0 radical (unpaired) electrons. The molecule has 160 valence electrons. The summed E-state index contributed by atoms with van der Waals surface area (Å²) < 4.78 is 69.1. The predicted molar refractivity (Wildman–Crippen MR) is 90.9 cm³/mol. The van der Waals surface area contributed by atoms with Crippen LogP contribution in [0.2, 0.25) is 0 Å². The molecule has 0 aliphatic carbocycles. The molecule has 0 bridgehead atoms. The second-order valence-corrected chi connectivity index (χ2v) is 8.94. The van der Waals surface area contributed by atoms with Crippen LogP contribution in [0.3, 0.4) is 0 Å². The van der Waals surface area contributed by atoms with Crippen LogP contribution in [0.15, 0.2) is 0 Å². The number of carboxylic acids is 1. The first-order valence-electron chi connectivity index (χ1n) is 8.56. The van der Waals surface area contributed by atoms with Gasteiger partial charge in [0.1, 0.15) is 5.60 Å². The molecule has 1 N–H and O–H groups in total. The Kier molecular flexibility index (Phi) is 8.48. The minimum absolute atomic E-state index is 0.137. The molecule has 2 rings (SSSR count). The number of morpholine rings is 1. The molecule has 0 amide bonds. The highest BCUT2D eigenvalue weighted by Crippen LogP contribution is 2.25. The zero-order valence-electron chi connectivity index (χ0n) is 15.7. The first kappa shape index (κ1) is 24.1. The van der Waals surface area contributed by atoms with Gasteiger partial charge in [-0.15, -0.1) is 0 Å². The molecule has 0 aromatic rings. The highest BCUT2D eigenvalue weighted by atomic mass is 32.2. The van der Waals surface area contributed by atoms with Crippen LogP contribution >= 0.6 is 0 Å². The molecule has 2 fully saturated rings. The number of hydrogen-bond donors (Lipinski definition) is 1. The Hall–Kier alpha value is -0.950. The normalized spacial score (nSPS) is 25.7. The summed E-state index contributed by atoms with van der Waals surface area (Å²) in [6.07, 6.45) is -5.08. The quantitative estimate of drug-likeness (QED) is 0.721. The molecule has 0 aromatic carbocycles. The molecule has 8 nitrogen and oxygen atoms in total. The Morgan fingerprint density at radius 2 is 1.81 bits per heavy atom. The van der Waals surface area contributed by atoms with Gasteiger partial charge in [-0.25, -0.2) is 13.2 Å². The first-order chi connectivity index (χ1) is 12.3. The van der Waals surface area contributed by atoms with E-state index in [9.17, 15) is 21.6 Å². The summed E-state index contributed by atoms with van der Waals surface area (Å²) in [4.78, 5) is 11.2. The molecule has 2 aliphatic rings. The SMILES string of the molecule is CCS(=O)(=O)N1CCOC2(COCCN(C(C)C)C2)C1.O=C(O)C(F)(F)F. The van der Waals surface area contributed by atoms with Crippen LogP contribution in [0.4, 0.5) is 13.2 Å². The third-order valence-electron chi connectivity index (χ3n) is 4.32. The predicted octanol–water partition coefficient (Wildman–Crippen LogP) is 0.781. The zero-order chi connectivity index (χ0) is 20.9. The number of carboxylic acid groups (broad SMARTS) is 1. The van der Waals surface area contributed by atoms with Crippen LogP contribution in [0.25, 0.3) is 0 Å². The van der Waals surface area contributed by atoms with Gasteiger partial charge >= 0.3 is 12.1 Å². The van der Waals surface area contributed by atoms with Crippen LogP contribution in [-0.4, -0.2) is 98.3 Å². The second kappa shape index (κ2) is 9.50. The summed E-state index contributed by atoms with van der Waals surface area (Å²) in [5.41, 5.74) is -0.527. The summed E-state index contributed by atoms with van der Waals surface area (Å²) in [5.74, 6) is -2.62. The van der Waals surface area contributed by atoms with Gasteiger partial charge in [-0.1, -0.05) is 0 Å². The van der Waals surface area contributed by atoms with Gasteiger partial charge in [0.05, 0.1) is 25.6 Å². The standard InChI is InChI=1S/C13H26N2O4S.C2HF3O2/c1-4-20(16,17)15-6-8-19-13(10-15)9-14(12(2)3)5-7-18-11-13;3-2(4,5)1(6)7/h12H,4-11H2,1-3H3;(H,6,7). The van der Waals surface area contributed by atoms with Gasteiger partial charge in [-0.3, -0.25) is 4.90 Å². The van der Waals surface area contributed by atoms with Gasteiger partial charge in [-0.2, -0.15) is 17.5 Å². The van der Waals surface area contributed by atoms with Crippen LogP contribution in [-0.2, 0) is 24.3 Å². The Morgan fingerprint density at radius 3 is 2.30 bits per heavy atom. The van der Waals surface area contributed by atoms with Gasteiger partial charge < -0.3 is 14.6 Å². The second-order valence-electron chi connectivity index (χ2n) is 6.69. The first-order valence-corrected chi connectivity index (χ1v) is 10.2. The van der Waals surface area contributed by atoms with E-state index in [1.807, 2.05) is 0 Å². The lowest BCUT2D eigenvalue weighted by Crippen LogP contribution is -2.60. The monoisotopic (exact) mass is 420 g/mol. The fraction of sp³-hybridized carbons (Fsp3) is 0.933. The van der Waals surface area contributed by atoms with E-state index in [2.05, 4.69) is 18.7 Å². The molecule has 2 saturated heterocycles. The maximum atomic E-state index is 12.1. The third-order valence-corrected chi connectivity index (χ3v) is 6.15. The van der Waals surface area contributed by atoms with E-state index < -0.39 is 27.8 Å². The molecule has 1 spiro atoms. The summed E-state index contributed by atoms with van der Waals surface area (Å²) in [6.45, 7) is 9.96. The number of halogens is 3. The van der Waals surface area contributed by atoms with Crippen molar-refractivity contribution in [3.63, 3.8) is 0 Å². The molecule has 27 heavy (non-hydrogen) atoms. The summed E-state index contributed by atoms with van der Waals surface area (Å²) in [6, 6.07) is 0.398. The Bertz CT molecular complexity index is 599. The fourth-order valence-corrected chi connectivity index (χ4v) is 3.94. The van der Waals surface area contributed by atoms with E-state index >= 15 is 0 Å². The van der Waals surface area contributed by atoms with E-state index in [0.717, 1.165) is 13.1 Å². The average molecular weight is 420 g/mol. The number of hydrogen-bond acceptors (Lipinski definition) is 6. The Balaban J connectivity index is 0.000000445. The zero-order valence-corrected chi connectivity index (χ0v) is 16.5. The van der Waals surface area contributed by atoms with Crippen molar-refractivity contribution in [1.29, 1.82) is 0 Å². The molecule has 12 heteroatoms. The lowest BCUT2D eigenvalue weighted by Gasteiger charge is -2.43. The number of carbonyl (C=O) groups is 1. The lowest BCUT2D eigenvalue weighted by molar-refractivity contribution is -0.192. The van der Waals surface area contributed by atoms with Crippen molar-refractivity contribution in [2.75, 3.05) is 51.8 Å². The van der Waals surface area contributed by atoms with Crippen LogP contribution in [0, 0.1) is 0 Å². The average Bonchev–Trinajstić information content (AvgIpc) is 2.77. The van der Waals surface area contributed by atoms with Crippen LogP contribution < -0.4 is 0 Å². The molecular weight excluding hydrogens is 393 g/mol. The number of nitrogens with zero attached hydrogens (tertiary/aromatic N) is 2. The topological polar surface area (TPSA) is 96.4 Å². The molecule has 2 aliphatic heterocycles. The van der Waals surface area contributed by atoms with Crippen LogP contribution in [0.5, 0.6) is 0 Å². The smallest absolute Gasteiger partial charge is 0.475 e. The van der Waals surface area contributed by atoms with Crippen molar-refractivity contribution in [3.05, 3.63) is 0 Å². The minimum atomic E-state index is -5.08. The summed E-state index contributed by atoms with van der Waals surface area (Å²) in [5, 5.41) is 7.12. The van der Waals surface area contributed by atoms with Gasteiger partial charge in [0.2, 0.25) is 10.0 Å². The number of alkyl halides is 3. The molecule has 1 atom stereocenters. The van der Waals surface area contributed by atoms with E-state index in [0.29, 0.717) is 39.0 Å². The van der Waals surface area contributed by atoms with Gasteiger partial charge in [-0.05, 0) is 20.8 Å². The fourth-order valence-electron chi connectivity index (χ4n) is 2.79.